The highest BCUT2D eigenvalue weighted by molar-refractivity contribution is 6.73. The van der Waals surface area contributed by atoms with E-state index in [9.17, 15) is 29.4 Å². The average Bonchev–Trinajstić information content (AvgIpc) is 3.33. The normalized spacial score (nSPS) is 30.1. The molecule has 1 saturated heterocycles. The smallest absolute Gasteiger partial charge is 0.338 e. The lowest BCUT2D eigenvalue weighted by Gasteiger charge is -2.67. The van der Waals surface area contributed by atoms with Gasteiger partial charge in [-0.25, -0.2) is 9.59 Å². The summed E-state index contributed by atoms with van der Waals surface area (Å²) in [7, 11) is -2.74. The molecule has 16 heteroatoms. The van der Waals surface area contributed by atoms with E-state index in [1.54, 1.807) is 93.6 Å². The summed E-state index contributed by atoms with van der Waals surface area (Å²) in [6.07, 6.45) is -9.69. The van der Waals surface area contributed by atoms with E-state index in [4.69, 9.17) is 28.1 Å². The van der Waals surface area contributed by atoms with Crippen LogP contribution in [0.25, 0.3) is 0 Å². The predicted octanol–water partition coefficient (Wildman–Crippen LogP) is 6.77. The first kappa shape index (κ1) is 51.3. The van der Waals surface area contributed by atoms with Gasteiger partial charge in [0.15, 0.2) is 31.9 Å². The van der Waals surface area contributed by atoms with Gasteiger partial charge in [0.2, 0.25) is 0 Å². The lowest BCUT2D eigenvalue weighted by atomic mass is 9.44. The van der Waals surface area contributed by atoms with Gasteiger partial charge in [-0.3, -0.25) is 19.2 Å². The minimum atomic E-state index is -2.74. The maximum atomic E-state index is 15.8. The van der Waals surface area contributed by atoms with Gasteiger partial charge in [0, 0.05) is 37.7 Å². The zero-order valence-corrected chi connectivity index (χ0v) is 41.8. The Balaban J connectivity index is 1.44. The van der Waals surface area contributed by atoms with Crippen LogP contribution in [0.5, 0.6) is 0 Å². The summed E-state index contributed by atoms with van der Waals surface area (Å²) in [5.74, 6) is -6.25. The number of aliphatic hydroxyl groups is 2. The molecule has 1 aliphatic heterocycles. The Morgan fingerprint density at radius 1 is 0.812 bits per heavy atom. The van der Waals surface area contributed by atoms with Crippen LogP contribution in [0.15, 0.2) is 102 Å². The van der Waals surface area contributed by atoms with Crippen molar-refractivity contribution in [1.82, 2.24) is 5.32 Å². The SMILES string of the molecule is CC[Si](CC)(CC)O[C@@H](C(=O)O[C@H]1C[C@@]2(O)[C@@H](OC(=O)c3ccccc3)C3[C@](C)(C(=O)[C@H](OC(C)=O)C(=C1C)C2(C)C)[C@@H](O)C[C@H]1OC[C@@]31OC(C)=O)[C@@H](NC(=O)c1ccccc1)c1ccccc1. The van der Waals surface area contributed by atoms with Gasteiger partial charge in [-0.15, -0.1) is 0 Å². The Morgan fingerprint density at radius 3 is 1.90 bits per heavy atom. The van der Waals surface area contributed by atoms with Gasteiger partial charge in [-0.05, 0) is 73.0 Å². The summed E-state index contributed by atoms with van der Waals surface area (Å²) in [6.45, 7) is 14.3. The van der Waals surface area contributed by atoms with Crippen molar-refractivity contribution in [3.8, 4) is 0 Å². The van der Waals surface area contributed by atoms with Crippen LogP contribution in [-0.2, 0) is 47.3 Å². The molecule has 1 heterocycles. The number of Topliss-reactive ketones (excluding diaryl/α,β-unsaturated/α-hetero) is 1. The number of hydrogen-bond acceptors (Lipinski definition) is 14. The van der Waals surface area contributed by atoms with Crippen LogP contribution in [0.2, 0.25) is 18.1 Å². The number of carbonyl (C=O) groups excluding carboxylic acids is 6. The van der Waals surface area contributed by atoms with Crippen LogP contribution >= 0.6 is 0 Å². The van der Waals surface area contributed by atoms with Crippen molar-refractivity contribution in [2.45, 2.75) is 147 Å². The fourth-order valence-corrected chi connectivity index (χ4v) is 14.3. The van der Waals surface area contributed by atoms with Crippen molar-refractivity contribution in [3.63, 3.8) is 0 Å². The third-order valence-electron chi connectivity index (χ3n) is 15.8. The molecule has 3 aromatic carbocycles. The molecule has 7 rings (SSSR count). The number of hydrogen-bond donors (Lipinski definition) is 3. The van der Waals surface area contributed by atoms with Crippen molar-refractivity contribution in [2.75, 3.05) is 6.61 Å². The minimum absolute atomic E-state index is 0.0595. The van der Waals surface area contributed by atoms with Crippen molar-refractivity contribution < 1.29 is 67.1 Å². The molecular formula is C53H65NO14Si. The summed E-state index contributed by atoms with van der Waals surface area (Å²) in [5, 5.41) is 29.3. The zero-order valence-electron chi connectivity index (χ0n) is 40.8. The number of nitrogens with one attached hydrogen (secondary N) is 1. The van der Waals surface area contributed by atoms with Gasteiger partial charge in [-0.2, -0.15) is 0 Å². The van der Waals surface area contributed by atoms with Crippen molar-refractivity contribution in [2.24, 2.45) is 16.7 Å². The summed E-state index contributed by atoms with van der Waals surface area (Å²) >= 11 is 0. The van der Waals surface area contributed by atoms with Gasteiger partial charge in [-0.1, -0.05) is 101 Å². The Hall–Kier alpha value is -5.52. The minimum Gasteiger partial charge on any atom is -0.456 e. The number of rotatable bonds is 15. The highest BCUT2D eigenvalue weighted by atomic mass is 28.4. The zero-order chi connectivity index (χ0) is 50.3. The average molecular weight is 968 g/mol. The largest absolute Gasteiger partial charge is 0.456 e. The summed E-state index contributed by atoms with van der Waals surface area (Å²) in [5.41, 5.74) is -6.50. The first-order valence-corrected chi connectivity index (χ1v) is 26.4. The van der Waals surface area contributed by atoms with Crippen LogP contribution in [-0.4, -0.2) is 109 Å². The number of aliphatic hydroxyl groups excluding tert-OH is 1. The van der Waals surface area contributed by atoms with Gasteiger partial charge in [0.25, 0.3) is 5.91 Å². The van der Waals surface area contributed by atoms with E-state index in [1.165, 1.54) is 26.0 Å². The molecule has 1 unspecified atom stereocenters. The lowest BCUT2D eigenvalue weighted by Crippen LogP contribution is -2.82. The molecule has 1 amide bonds. The lowest BCUT2D eigenvalue weighted by molar-refractivity contribution is -0.346. The van der Waals surface area contributed by atoms with Gasteiger partial charge in [0.1, 0.15) is 23.9 Å². The molecule has 370 valence electrons. The van der Waals surface area contributed by atoms with Crippen LogP contribution in [0.4, 0.5) is 0 Å². The Kier molecular flexibility index (Phi) is 14.7. The van der Waals surface area contributed by atoms with E-state index < -0.39 is 121 Å². The topological polar surface area (TPSA) is 210 Å². The highest BCUT2D eigenvalue weighted by Gasteiger charge is 2.78. The van der Waals surface area contributed by atoms with E-state index in [2.05, 4.69) is 5.32 Å². The number of ether oxygens (including phenoxy) is 5. The molecule has 4 aliphatic rings. The molecule has 2 bridgehead atoms. The van der Waals surface area contributed by atoms with Crippen molar-refractivity contribution >= 4 is 43.9 Å². The Morgan fingerprint density at radius 2 is 1.38 bits per heavy atom. The van der Waals surface area contributed by atoms with Crippen molar-refractivity contribution in [1.29, 1.82) is 0 Å². The van der Waals surface area contributed by atoms with Gasteiger partial charge in [0.05, 0.1) is 35.6 Å². The van der Waals surface area contributed by atoms with Crippen LogP contribution in [0.3, 0.4) is 0 Å². The number of esters is 4. The summed E-state index contributed by atoms with van der Waals surface area (Å²) in [4.78, 5) is 86.2. The molecule has 3 fully saturated rings. The molecule has 3 aliphatic carbocycles. The van der Waals surface area contributed by atoms with E-state index >= 15 is 9.59 Å². The van der Waals surface area contributed by atoms with Crippen molar-refractivity contribution in [3.05, 3.63) is 119 Å². The first-order valence-electron chi connectivity index (χ1n) is 23.8. The molecule has 3 N–H and O–H groups in total. The summed E-state index contributed by atoms with van der Waals surface area (Å²) in [6, 6.07) is 26.2. The van der Waals surface area contributed by atoms with Crippen LogP contribution in [0.1, 0.15) is 107 Å². The maximum Gasteiger partial charge on any atom is 0.338 e. The number of amides is 1. The molecule has 0 radical (unpaired) electrons. The summed E-state index contributed by atoms with van der Waals surface area (Å²) < 4.78 is 38.3. The third kappa shape index (κ3) is 8.98. The predicted molar refractivity (Wildman–Crippen MR) is 254 cm³/mol. The number of fused-ring (bicyclic) bond motifs is 5. The molecule has 2 saturated carbocycles. The second-order valence-electron chi connectivity index (χ2n) is 19.7. The van der Waals surface area contributed by atoms with Crippen LogP contribution in [0, 0.1) is 16.7 Å². The van der Waals surface area contributed by atoms with Gasteiger partial charge >= 0.3 is 23.9 Å². The Labute approximate surface area is 404 Å². The van der Waals surface area contributed by atoms with E-state index in [0.29, 0.717) is 29.3 Å². The van der Waals surface area contributed by atoms with E-state index in [1.807, 2.05) is 26.8 Å². The quantitative estimate of drug-likeness (QED) is 0.0622. The van der Waals surface area contributed by atoms with Gasteiger partial charge < -0.3 is 43.6 Å². The third-order valence-corrected chi connectivity index (χ3v) is 20.4. The standard InChI is InChI=1S/C53H65NO14Si/c1-10-69(11-2,12-3)68-43(41(34-22-16-13-17-23-34)54-47(59)35-24-18-14-19-25-35)49(61)65-37-29-53(62)46(66-48(60)36-26-20-15-21-27-36)44-51(9,38(57)28-39-52(44,30-63-39)67-33(6)56)45(58)42(64-32(5)55)40(31(37)4)50(53,7)8/h13-27,37-39,41-44,46,57,62H,10-12,28-30H2,1-9H3,(H,54,59)/t37-,38-,39+,41-,42+,43+,44?,46-,51+,52-,53+/m0/s1. The number of benzene rings is 3. The molecule has 3 aromatic rings. The maximum absolute atomic E-state index is 15.8. The second kappa shape index (κ2) is 19.7. The molecule has 11 atom stereocenters. The van der Waals surface area contributed by atoms with Crippen LogP contribution < -0.4 is 5.32 Å². The highest BCUT2D eigenvalue weighted by Crippen LogP contribution is 2.64. The second-order valence-corrected chi connectivity index (χ2v) is 24.4. The fourth-order valence-electron chi connectivity index (χ4n) is 11.6. The Bertz CT molecular complexity index is 2450. The fraction of sp³-hybridized carbons (Fsp3) is 0.509. The number of ketones is 1. The molecule has 69 heavy (non-hydrogen) atoms. The monoisotopic (exact) mass is 967 g/mol. The van der Waals surface area contributed by atoms with E-state index in [0.717, 1.165) is 6.92 Å². The molecule has 15 nitrogen and oxygen atoms in total. The number of carbonyl (C=O) groups is 6. The molecular weight excluding hydrogens is 903 g/mol. The molecule has 0 aromatic heterocycles. The first-order chi connectivity index (χ1) is 32.6. The molecule has 0 spiro atoms. The van der Waals surface area contributed by atoms with E-state index in [-0.39, 0.29) is 29.7 Å².